The standard InChI is InChI=1S/C26H26N2O4/c1-17-4-6-20(18(2)12-17)16-27-25(29)14-19-5-7-23-21(13-19)15-24(32-23)26(3,30)22-8-10-28(31)11-9-22/h4-13,15,30H,14,16H2,1-3H3,(H-,27,29,31)/p+1. The van der Waals surface area contributed by atoms with Gasteiger partial charge in [-0.3, -0.25) is 10.0 Å². The van der Waals surface area contributed by atoms with Gasteiger partial charge in [-0.2, -0.15) is 0 Å². The molecule has 2 aromatic heterocycles. The molecule has 0 aliphatic carbocycles. The Bertz CT molecular complexity index is 1270. The van der Waals surface area contributed by atoms with Gasteiger partial charge in [0.25, 0.3) is 0 Å². The molecule has 0 fully saturated rings. The first kappa shape index (κ1) is 21.6. The molecule has 0 saturated carbocycles. The summed E-state index contributed by atoms with van der Waals surface area (Å²) in [6.07, 6.45) is 3.15. The van der Waals surface area contributed by atoms with E-state index >= 15 is 0 Å². The number of aromatic nitrogens is 1. The second-order valence-corrected chi connectivity index (χ2v) is 8.41. The number of hydrogen-bond donors (Lipinski definition) is 3. The minimum Gasteiger partial charge on any atom is -0.458 e. The van der Waals surface area contributed by atoms with Crippen LogP contribution < -0.4 is 10.0 Å². The number of nitrogens with one attached hydrogen (secondary N) is 1. The molecule has 1 amide bonds. The first-order valence-electron chi connectivity index (χ1n) is 10.5. The first-order chi connectivity index (χ1) is 15.2. The number of amides is 1. The number of pyridine rings is 1. The zero-order valence-corrected chi connectivity index (χ0v) is 18.4. The Morgan fingerprint density at radius 1 is 1.06 bits per heavy atom. The molecule has 1 atom stereocenters. The maximum Gasteiger partial charge on any atom is 0.224 e. The van der Waals surface area contributed by atoms with Gasteiger partial charge in [0.05, 0.1) is 6.42 Å². The lowest BCUT2D eigenvalue weighted by Crippen LogP contribution is -2.30. The van der Waals surface area contributed by atoms with E-state index in [2.05, 4.69) is 18.3 Å². The van der Waals surface area contributed by atoms with Crippen molar-refractivity contribution in [3.63, 3.8) is 0 Å². The summed E-state index contributed by atoms with van der Waals surface area (Å²) in [6.45, 7) is 6.24. The van der Waals surface area contributed by atoms with E-state index in [1.165, 1.54) is 18.0 Å². The van der Waals surface area contributed by atoms with Crippen molar-refractivity contribution in [2.24, 2.45) is 0 Å². The predicted octanol–water partition coefficient (Wildman–Crippen LogP) is 3.69. The highest BCUT2D eigenvalue weighted by molar-refractivity contribution is 5.83. The highest BCUT2D eigenvalue weighted by Crippen LogP contribution is 2.33. The van der Waals surface area contributed by atoms with Gasteiger partial charge >= 0.3 is 0 Å². The Labute approximate surface area is 186 Å². The molecular weight excluding hydrogens is 404 g/mol. The number of fused-ring (bicyclic) bond motifs is 1. The minimum absolute atomic E-state index is 0.0540. The summed E-state index contributed by atoms with van der Waals surface area (Å²) in [5.41, 5.74) is 4.19. The van der Waals surface area contributed by atoms with E-state index in [9.17, 15) is 15.1 Å². The number of furan rings is 1. The van der Waals surface area contributed by atoms with Crippen LogP contribution in [0.4, 0.5) is 0 Å². The molecule has 0 saturated heterocycles. The van der Waals surface area contributed by atoms with Crippen molar-refractivity contribution in [2.45, 2.75) is 39.3 Å². The summed E-state index contributed by atoms with van der Waals surface area (Å²) in [7, 11) is 0. The molecule has 3 N–H and O–H groups in total. The molecule has 4 rings (SSSR count). The quantitative estimate of drug-likeness (QED) is 0.321. The Morgan fingerprint density at radius 2 is 1.81 bits per heavy atom. The molecule has 6 heteroatoms. The van der Waals surface area contributed by atoms with Crippen LogP contribution in [0.3, 0.4) is 0 Å². The number of nitrogens with zero attached hydrogens (tertiary/aromatic N) is 1. The fraction of sp³-hybridized carbons (Fsp3) is 0.231. The summed E-state index contributed by atoms with van der Waals surface area (Å²) >= 11 is 0. The maximum atomic E-state index is 12.5. The smallest absolute Gasteiger partial charge is 0.224 e. The lowest BCUT2D eigenvalue weighted by atomic mass is 9.94. The van der Waals surface area contributed by atoms with Crippen LogP contribution in [-0.2, 0) is 23.4 Å². The number of aliphatic hydroxyl groups is 1. The van der Waals surface area contributed by atoms with E-state index in [1.54, 1.807) is 25.1 Å². The number of carbonyl (C=O) groups excluding carboxylic acids is 1. The van der Waals surface area contributed by atoms with Gasteiger partial charge < -0.3 is 14.8 Å². The molecule has 0 aliphatic heterocycles. The topological polar surface area (TPSA) is 86.6 Å². The third kappa shape index (κ3) is 4.50. The molecular formula is C26H27N2O4+. The molecule has 4 aromatic rings. The highest BCUT2D eigenvalue weighted by atomic mass is 16.5. The van der Waals surface area contributed by atoms with Gasteiger partial charge in [0.2, 0.25) is 18.3 Å². The highest BCUT2D eigenvalue weighted by Gasteiger charge is 2.30. The van der Waals surface area contributed by atoms with Gasteiger partial charge in [-0.15, -0.1) is 0 Å². The van der Waals surface area contributed by atoms with Crippen LogP contribution in [0.1, 0.15) is 40.5 Å². The molecule has 32 heavy (non-hydrogen) atoms. The van der Waals surface area contributed by atoms with Crippen molar-refractivity contribution in [1.82, 2.24) is 5.32 Å². The van der Waals surface area contributed by atoms with Crippen LogP contribution in [0.15, 0.2) is 71.4 Å². The van der Waals surface area contributed by atoms with E-state index in [0.717, 1.165) is 26.8 Å². The fourth-order valence-corrected chi connectivity index (χ4v) is 3.81. The molecule has 0 radical (unpaired) electrons. The van der Waals surface area contributed by atoms with Gasteiger partial charge in [0, 0.05) is 34.4 Å². The van der Waals surface area contributed by atoms with Gasteiger partial charge in [0.15, 0.2) is 0 Å². The van der Waals surface area contributed by atoms with Crippen molar-refractivity contribution in [3.05, 3.63) is 101 Å². The number of hydrogen-bond acceptors (Lipinski definition) is 4. The van der Waals surface area contributed by atoms with Crippen molar-refractivity contribution < 1.29 is 24.3 Å². The molecule has 0 spiro atoms. The Hall–Kier alpha value is -3.64. The van der Waals surface area contributed by atoms with Crippen LogP contribution in [0, 0.1) is 13.8 Å². The molecule has 164 valence electrons. The number of rotatable bonds is 6. The van der Waals surface area contributed by atoms with Gasteiger partial charge in [0.1, 0.15) is 16.9 Å². The van der Waals surface area contributed by atoms with Crippen molar-refractivity contribution >= 4 is 16.9 Å². The van der Waals surface area contributed by atoms with Gasteiger partial charge in [-0.05, 0) is 55.7 Å². The molecule has 2 aromatic carbocycles. The second kappa shape index (κ2) is 8.48. The van der Waals surface area contributed by atoms with Crippen molar-refractivity contribution in [2.75, 3.05) is 0 Å². The summed E-state index contributed by atoms with van der Waals surface area (Å²) in [6, 6.07) is 16.8. The molecule has 2 heterocycles. The van der Waals surface area contributed by atoms with Crippen LogP contribution in [-0.4, -0.2) is 16.2 Å². The lowest BCUT2D eigenvalue weighted by Gasteiger charge is -2.20. The monoisotopic (exact) mass is 431 g/mol. The van der Waals surface area contributed by atoms with Crippen molar-refractivity contribution in [3.8, 4) is 0 Å². The van der Waals surface area contributed by atoms with Crippen LogP contribution in [0.25, 0.3) is 11.0 Å². The van der Waals surface area contributed by atoms with E-state index in [0.29, 0.717) is 23.5 Å². The van der Waals surface area contributed by atoms with Crippen LogP contribution in [0.5, 0.6) is 0 Å². The average Bonchev–Trinajstić information content (AvgIpc) is 3.18. The Balaban J connectivity index is 1.47. The lowest BCUT2D eigenvalue weighted by molar-refractivity contribution is -0.904. The first-order valence-corrected chi connectivity index (χ1v) is 10.5. The maximum absolute atomic E-state index is 12.5. The third-order valence-corrected chi connectivity index (χ3v) is 5.78. The molecule has 6 nitrogen and oxygen atoms in total. The summed E-state index contributed by atoms with van der Waals surface area (Å²) < 4.78 is 6.80. The Kier molecular flexibility index (Phi) is 5.72. The predicted molar refractivity (Wildman–Crippen MR) is 120 cm³/mol. The van der Waals surface area contributed by atoms with E-state index in [-0.39, 0.29) is 12.3 Å². The zero-order chi connectivity index (χ0) is 22.9. The largest absolute Gasteiger partial charge is 0.458 e. The SMILES string of the molecule is Cc1ccc(CNC(=O)Cc2ccc3oc(C(C)(O)c4cc[n+](O)cc4)cc3c2)c(C)c1. The minimum atomic E-state index is -1.36. The normalized spacial score (nSPS) is 13.1. The molecule has 1 unspecified atom stereocenters. The number of aryl methyl sites for hydroxylation is 2. The van der Waals surface area contributed by atoms with Crippen LogP contribution >= 0.6 is 0 Å². The van der Waals surface area contributed by atoms with Gasteiger partial charge in [-0.25, -0.2) is 0 Å². The third-order valence-electron chi connectivity index (χ3n) is 5.78. The average molecular weight is 432 g/mol. The summed E-state index contributed by atoms with van der Waals surface area (Å²) in [4.78, 5) is 12.5. The van der Waals surface area contributed by atoms with E-state index in [1.807, 2.05) is 37.3 Å². The number of carbonyl (C=O) groups is 1. The zero-order valence-electron chi connectivity index (χ0n) is 18.4. The molecule has 0 bridgehead atoms. The second-order valence-electron chi connectivity index (χ2n) is 8.41. The number of benzene rings is 2. The van der Waals surface area contributed by atoms with Gasteiger partial charge in [-0.1, -0.05) is 29.8 Å². The summed E-state index contributed by atoms with van der Waals surface area (Å²) in [5.74, 6) is 0.335. The van der Waals surface area contributed by atoms with E-state index < -0.39 is 5.60 Å². The summed E-state index contributed by atoms with van der Waals surface area (Å²) in [5, 5.41) is 24.2. The van der Waals surface area contributed by atoms with Crippen LogP contribution in [0.2, 0.25) is 0 Å². The van der Waals surface area contributed by atoms with Crippen molar-refractivity contribution in [1.29, 1.82) is 0 Å². The van der Waals surface area contributed by atoms with E-state index in [4.69, 9.17) is 4.42 Å². The Morgan fingerprint density at radius 3 is 2.53 bits per heavy atom. The fourth-order valence-electron chi connectivity index (χ4n) is 3.81. The molecule has 0 aliphatic rings.